The average Bonchev–Trinajstić information content (AvgIpc) is 2.22. The number of benzene rings is 1. The smallest absolute Gasteiger partial charge is 0.113 e. The number of hydrogen-bond donors (Lipinski definition) is 0. The molecule has 0 N–H and O–H groups in total. The van der Waals surface area contributed by atoms with Gasteiger partial charge in [-0.2, -0.15) is 20.5 Å². The van der Waals surface area contributed by atoms with E-state index in [1.54, 1.807) is 0 Å². The number of azo groups is 2. The molecule has 0 aliphatic rings. The second kappa shape index (κ2) is 5.38. The predicted molar refractivity (Wildman–Crippen MR) is 75.0 cm³/mol. The molecule has 1 aromatic carbocycles. The Morgan fingerprint density at radius 2 is 1.00 bits per heavy atom. The highest BCUT2D eigenvalue weighted by atomic mass is 15.2. The Bertz CT molecular complexity index is 405. The average molecular weight is 246 g/mol. The molecule has 0 unspecified atom stereocenters. The molecule has 0 aliphatic heterocycles. The van der Waals surface area contributed by atoms with E-state index in [0.717, 1.165) is 11.4 Å². The minimum absolute atomic E-state index is 0.186. The van der Waals surface area contributed by atoms with Gasteiger partial charge in [-0.25, -0.2) is 0 Å². The summed E-state index contributed by atoms with van der Waals surface area (Å²) in [6.45, 7) is 12.1. The molecule has 4 heteroatoms. The van der Waals surface area contributed by atoms with E-state index in [-0.39, 0.29) is 11.1 Å². The molecule has 1 aromatic rings. The molecule has 0 saturated carbocycles. The van der Waals surface area contributed by atoms with E-state index in [0.29, 0.717) is 0 Å². The normalized spacial score (nSPS) is 13.7. The standard InChI is InChI=1S/C14H22N4/c1-13(2,3)17-15-11-9-7-8-10-12(11)16-18-14(4,5)6/h7-10H,1-6H3. The molecule has 0 fully saturated rings. The Hall–Kier alpha value is -1.58. The molecule has 0 atom stereocenters. The van der Waals surface area contributed by atoms with Gasteiger partial charge in [0.25, 0.3) is 0 Å². The molecule has 0 bridgehead atoms. The van der Waals surface area contributed by atoms with Crippen molar-refractivity contribution in [3.8, 4) is 0 Å². The van der Waals surface area contributed by atoms with Crippen LogP contribution >= 0.6 is 0 Å². The molecule has 0 amide bonds. The van der Waals surface area contributed by atoms with Crippen LogP contribution in [-0.4, -0.2) is 11.1 Å². The molecular weight excluding hydrogens is 224 g/mol. The van der Waals surface area contributed by atoms with Crippen molar-refractivity contribution in [1.82, 2.24) is 0 Å². The van der Waals surface area contributed by atoms with Crippen LogP contribution in [0, 0.1) is 0 Å². The zero-order valence-corrected chi connectivity index (χ0v) is 12.1. The van der Waals surface area contributed by atoms with Crippen LogP contribution in [0.5, 0.6) is 0 Å². The van der Waals surface area contributed by atoms with E-state index in [9.17, 15) is 0 Å². The van der Waals surface area contributed by atoms with Crippen LogP contribution in [0.25, 0.3) is 0 Å². The highest BCUT2D eigenvalue weighted by Gasteiger charge is 2.09. The lowest BCUT2D eigenvalue weighted by Gasteiger charge is -2.10. The van der Waals surface area contributed by atoms with Crippen LogP contribution in [-0.2, 0) is 0 Å². The minimum atomic E-state index is -0.186. The lowest BCUT2D eigenvalue weighted by molar-refractivity contribution is 0.549. The maximum Gasteiger partial charge on any atom is 0.113 e. The summed E-state index contributed by atoms with van der Waals surface area (Å²) >= 11 is 0. The molecule has 1 rings (SSSR count). The highest BCUT2D eigenvalue weighted by Crippen LogP contribution is 2.29. The molecule has 0 aromatic heterocycles. The Labute approximate surface area is 109 Å². The Kier molecular flexibility index (Phi) is 4.33. The summed E-state index contributed by atoms with van der Waals surface area (Å²) in [5.74, 6) is 0. The van der Waals surface area contributed by atoms with Crippen molar-refractivity contribution in [1.29, 1.82) is 0 Å². The zero-order valence-electron chi connectivity index (χ0n) is 12.1. The second-order valence-electron chi connectivity index (χ2n) is 6.23. The molecule has 4 nitrogen and oxygen atoms in total. The van der Waals surface area contributed by atoms with Gasteiger partial charge in [0.2, 0.25) is 0 Å². The van der Waals surface area contributed by atoms with E-state index in [1.807, 2.05) is 65.8 Å². The number of nitrogens with zero attached hydrogens (tertiary/aromatic N) is 4. The van der Waals surface area contributed by atoms with E-state index in [4.69, 9.17) is 0 Å². The molecule has 0 spiro atoms. The van der Waals surface area contributed by atoms with Crippen molar-refractivity contribution in [2.75, 3.05) is 0 Å². The van der Waals surface area contributed by atoms with Gasteiger partial charge in [-0.1, -0.05) is 12.1 Å². The fourth-order valence-corrected chi connectivity index (χ4v) is 1.04. The van der Waals surface area contributed by atoms with E-state index in [1.165, 1.54) is 0 Å². The molecule has 0 saturated heterocycles. The summed E-state index contributed by atoms with van der Waals surface area (Å²) in [7, 11) is 0. The molecule has 18 heavy (non-hydrogen) atoms. The first-order valence-corrected chi connectivity index (χ1v) is 6.12. The van der Waals surface area contributed by atoms with Crippen LogP contribution in [0.3, 0.4) is 0 Å². The topological polar surface area (TPSA) is 49.4 Å². The Morgan fingerprint density at radius 3 is 1.28 bits per heavy atom. The van der Waals surface area contributed by atoms with Crippen LogP contribution in [0.2, 0.25) is 0 Å². The first-order valence-electron chi connectivity index (χ1n) is 6.12. The first kappa shape index (κ1) is 14.5. The number of hydrogen-bond acceptors (Lipinski definition) is 4. The van der Waals surface area contributed by atoms with Crippen molar-refractivity contribution in [2.45, 2.75) is 52.6 Å². The van der Waals surface area contributed by atoms with Gasteiger partial charge in [0.05, 0.1) is 11.1 Å². The van der Waals surface area contributed by atoms with Crippen molar-refractivity contribution in [3.63, 3.8) is 0 Å². The van der Waals surface area contributed by atoms with Crippen LogP contribution in [0.1, 0.15) is 41.5 Å². The third-order valence-corrected chi connectivity index (χ3v) is 1.80. The van der Waals surface area contributed by atoms with Crippen molar-refractivity contribution in [3.05, 3.63) is 24.3 Å². The van der Waals surface area contributed by atoms with Crippen LogP contribution < -0.4 is 0 Å². The summed E-state index contributed by atoms with van der Waals surface area (Å²) in [6.07, 6.45) is 0. The summed E-state index contributed by atoms with van der Waals surface area (Å²) < 4.78 is 0. The second-order valence-corrected chi connectivity index (χ2v) is 6.23. The van der Waals surface area contributed by atoms with Crippen molar-refractivity contribution < 1.29 is 0 Å². The predicted octanol–water partition coefficient (Wildman–Crippen LogP) is 5.45. The van der Waals surface area contributed by atoms with E-state index < -0.39 is 0 Å². The molecule has 98 valence electrons. The minimum Gasteiger partial charge on any atom is -0.183 e. The van der Waals surface area contributed by atoms with Gasteiger partial charge in [0.15, 0.2) is 0 Å². The quantitative estimate of drug-likeness (QED) is 0.623. The maximum atomic E-state index is 4.26. The largest absolute Gasteiger partial charge is 0.183 e. The van der Waals surface area contributed by atoms with Crippen molar-refractivity contribution in [2.24, 2.45) is 20.5 Å². The lowest BCUT2D eigenvalue weighted by Crippen LogP contribution is -2.07. The monoisotopic (exact) mass is 246 g/mol. The molecule has 0 heterocycles. The third-order valence-electron chi connectivity index (χ3n) is 1.80. The zero-order chi connectivity index (χ0) is 13.8. The highest BCUT2D eigenvalue weighted by molar-refractivity contribution is 5.60. The van der Waals surface area contributed by atoms with Gasteiger partial charge >= 0.3 is 0 Å². The Morgan fingerprint density at radius 1 is 0.667 bits per heavy atom. The summed E-state index contributed by atoms with van der Waals surface area (Å²) in [6, 6.07) is 7.64. The summed E-state index contributed by atoms with van der Waals surface area (Å²) in [5.41, 5.74) is 1.13. The lowest BCUT2D eigenvalue weighted by atomic mass is 10.1. The summed E-state index contributed by atoms with van der Waals surface area (Å²) in [5, 5.41) is 17.0. The molecule has 0 aliphatic carbocycles. The third kappa shape index (κ3) is 5.66. The van der Waals surface area contributed by atoms with Gasteiger partial charge in [-0.05, 0) is 53.7 Å². The molecular formula is C14H22N4. The fraction of sp³-hybridized carbons (Fsp3) is 0.571. The van der Waals surface area contributed by atoms with Crippen molar-refractivity contribution >= 4 is 11.4 Å². The summed E-state index contributed by atoms with van der Waals surface area (Å²) in [4.78, 5) is 0. The van der Waals surface area contributed by atoms with Gasteiger partial charge in [0, 0.05) is 0 Å². The van der Waals surface area contributed by atoms with Gasteiger partial charge in [-0.3, -0.25) is 0 Å². The number of rotatable bonds is 2. The first-order chi connectivity index (χ1) is 8.17. The van der Waals surface area contributed by atoms with Gasteiger partial charge in [-0.15, -0.1) is 0 Å². The van der Waals surface area contributed by atoms with Crippen LogP contribution in [0.15, 0.2) is 44.7 Å². The van der Waals surface area contributed by atoms with Gasteiger partial charge in [0.1, 0.15) is 11.4 Å². The van der Waals surface area contributed by atoms with Crippen LogP contribution in [0.4, 0.5) is 11.4 Å². The SMILES string of the molecule is CC(C)(C)N=Nc1ccccc1N=NC(C)(C)C. The van der Waals surface area contributed by atoms with Gasteiger partial charge < -0.3 is 0 Å². The van der Waals surface area contributed by atoms with E-state index in [2.05, 4.69) is 20.5 Å². The maximum absolute atomic E-state index is 4.26. The Balaban J connectivity index is 3.01. The fourth-order valence-electron chi connectivity index (χ4n) is 1.04. The van der Waals surface area contributed by atoms with E-state index >= 15 is 0 Å². The molecule has 0 radical (unpaired) electrons.